The minimum absolute atomic E-state index is 0.113. The number of benzene rings is 1. The van der Waals surface area contributed by atoms with Crippen molar-refractivity contribution in [2.75, 3.05) is 0 Å². The Kier molecular flexibility index (Phi) is 3.77. The van der Waals surface area contributed by atoms with Gasteiger partial charge in [0.1, 0.15) is 10.7 Å². The fourth-order valence-corrected chi connectivity index (χ4v) is 4.44. The molecule has 114 valence electrons. The first-order valence-corrected chi connectivity index (χ1v) is 9.14. The zero-order valence-electron chi connectivity index (χ0n) is 11.9. The molecule has 4 aromatic rings. The highest BCUT2D eigenvalue weighted by atomic mass is 35.5. The highest BCUT2D eigenvalue weighted by Gasteiger charge is 2.15. The number of fused-ring (bicyclic) bond motifs is 1. The van der Waals surface area contributed by atoms with Gasteiger partial charge < -0.3 is 4.98 Å². The van der Waals surface area contributed by atoms with Gasteiger partial charge >= 0.3 is 0 Å². The molecule has 0 aliphatic rings. The van der Waals surface area contributed by atoms with Crippen molar-refractivity contribution < 1.29 is 0 Å². The minimum Gasteiger partial charge on any atom is -0.310 e. The molecule has 3 aromatic heterocycles. The average molecular weight is 359 g/mol. The van der Waals surface area contributed by atoms with Gasteiger partial charge in [-0.15, -0.1) is 22.7 Å². The van der Waals surface area contributed by atoms with Crippen molar-refractivity contribution in [1.82, 2.24) is 9.97 Å². The Morgan fingerprint density at radius 2 is 1.96 bits per heavy atom. The maximum absolute atomic E-state index is 12.6. The molecule has 0 radical (unpaired) electrons. The standard InChI is InChI=1S/C17H11ClN2OS2/c18-13-6-2-1-5-11(13)12-9-23-17-15(12)16(21)19-14(20-17)8-10-4-3-7-22-10/h1-7,9H,8H2,(H,19,20,21). The molecule has 0 bridgehead atoms. The molecule has 0 atom stereocenters. The fourth-order valence-electron chi connectivity index (χ4n) is 2.53. The molecule has 0 aliphatic heterocycles. The number of nitrogens with zero attached hydrogens (tertiary/aromatic N) is 1. The van der Waals surface area contributed by atoms with Crippen LogP contribution in [0.5, 0.6) is 0 Å². The summed E-state index contributed by atoms with van der Waals surface area (Å²) in [5, 5.41) is 5.21. The normalized spacial score (nSPS) is 11.2. The largest absolute Gasteiger partial charge is 0.310 e. The van der Waals surface area contributed by atoms with Crippen LogP contribution in [-0.4, -0.2) is 9.97 Å². The Labute approximate surface area is 145 Å². The molecule has 4 rings (SSSR count). The Balaban J connectivity index is 1.85. The number of H-pyrrole nitrogens is 1. The molecule has 23 heavy (non-hydrogen) atoms. The molecule has 3 heterocycles. The summed E-state index contributed by atoms with van der Waals surface area (Å²) < 4.78 is 0. The van der Waals surface area contributed by atoms with Crippen LogP contribution in [0.15, 0.2) is 52.0 Å². The second-order valence-electron chi connectivity index (χ2n) is 5.08. The summed E-state index contributed by atoms with van der Waals surface area (Å²) in [6.45, 7) is 0. The van der Waals surface area contributed by atoms with Gasteiger partial charge in [0.05, 0.1) is 5.39 Å². The van der Waals surface area contributed by atoms with E-state index in [1.54, 1.807) is 11.3 Å². The summed E-state index contributed by atoms with van der Waals surface area (Å²) in [4.78, 5) is 22.0. The van der Waals surface area contributed by atoms with Gasteiger partial charge in [-0.05, 0) is 17.5 Å². The number of hydrogen-bond acceptors (Lipinski definition) is 4. The number of hydrogen-bond donors (Lipinski definition) is 1. The van der Waals surface area contributed by atoms with Crippen molar-refractivity contribution in [3.05, 3.63) is 73.2 Å². The monoisotopic (exact) mass is 358 g/mol. The minimum atomic E-state index is -0.113. The molecule has 1 N–H and O–H groups in total. The molecular formula is C17H11ClN2OS2. The first-order valence-electron chi connectivity index (χ1n) is 7.00. The van der Waals surface area contributed by atoms with E-state index < -0.39 is 0 Å². The fraction of sp³-hybridized carbons (Fsp3) is 0.0588. The van der Waals surface area contributed by atoms with Crippen LogP contribution in [0.3, 0.4) is 0 Å². The van der Waals surface area contributed by atoms with Crippen molar-refractivity contribution in [2.24, 2.45) is 0 Å². The second-order valence-corrected chi connectivity index (χ2v) is 7.38. The van der Waals surface area contributed by atoms with E-state index in [4.69, 9.17) is 11.6 Å². The SMILES string of the molecule is O=c1[nH]c(Cc2cccs2)nc2scc(-c3ccccc3Cl)c12. The van der Waals surface area contributed by atoms with E-state index in [-0.39, 0.29) is 5.56 Å². The predicted molar refractivity (Wildman–Crippen MR) is 97.8 cm³/mol. The second kappa shape index (κ2) is 5.92. The molecule has 1 aromatic carbocycles. The molecule has 3 nitrogen and oxygen atoms in total. The summed E-state index contributed by atoms with van der Waals surface area (Å²) in [6, 6.07) is 11.6. The van der Waals surface area contributed by atoms with Crippen molar-refractivity contribution in [3.63, 3.8) is 0 Å². The highest BCUT2D eigenvalue weighted by Crippen LogP contribution is 2.34. The average Bonchev–Trinajstić information content (AvgIpc) is 3.17. The molecular weight excluding hydrogens is 348 g/mol. The van der Waals surface area contributed by atoms with Gasteiger partial charge in [-0.1, -0.05) is 35.9 Å². The topological polar surface area (TPSA) is 45.8 Å². The molecule has 6 heteroatoms. The van der Waals surface area contributed by atoms with Gasteiger partial charge in [0.15, 0.2) is 0 Å². The summed E-state index contributed by atoms with van der Waals surface area (Å²) >= 11 is 9.40. The van der Waals surface area contributed by atoms with E-state index in [1.165, 1.54) is 16.2 Å². The summed E-state index contributed by atoms with van der Waals surface area (Å²) in [5.41, 5.74) is 1.59. The number of rotatable bonds is 3. The first-order chi connectivity index (χ1) is 11.2. The molecule has 0 fully saturated rings. The maximum Gasteiger partial charge on any atom is 0.260 e. The highest BCUT2D eigenvalue weighted by molar-refractivity contribution is 7.17. The number of halogens is 1. The van der Waals surface area contributed by atoms with Crippen LogP contribution in [0.2, 0.25) is 5.02 Å². The smallest absolute Gasteiger partial charge is 0.260 e. The van der Waals surface area contributed by atoms with Crippen LogP contribution < -0.4 is 5.56 Å². The lowest BCUT2D eigenvalue weighted by molar-refractivity contribution is 0.990. The van der Waals surface area contributed by atoms with Gasteiger partial charge in [-0.25, -0.2) is 4.98 Å². The number of nitrogens with one attached hydrogen (secondary N) is 1. The Morgan fingerprint density at radius 1 is 1.09 bits per heavy atom. The third-order valence-corrected chi connectivity index (χ3v) is 5.66. The number of aromatic amines is 1. The molecule has 0 saturated heterocycles. The van der Waals surface area contributed by atoms with E-state index in [0.717, 1.165) is 16.0 Å². The zero-order valence-corrected chi connectivity index (χ0v) is 14.3. The lowest BCUT2D eigenvalue weighted by atomic mass is 10.1. The zero-order chi connectivity index (χ0) is 15.8. The quantitative estimate of drug-likeness (QED) is 0.562. The summed E-state index contributed by atoms with van der Waals surface area (Å²) in [5.74, 6) is 0.692. The van der Waals surface area contributed by atoms with Crippen LogP contribution in [0.4, 0.5) is 0 Å². The van der Waals surface area contributed by atoms with Crippen molar-refractivity contribution >= 4 is 44.5 Å². The lowest BCUT2D eigenvalue weighted by Gasteiger charge is -2.03. The van der Waals surface area contributed by atoms with Gasteiger partial charge in [0.2, 0.25) is 0 Å². The van der Waals surface area contributed by atoms with E-state index >= 15 is 0 Å². The van der Waals surface area contributed by atoms with Crippen LogP contribution in [-0.2, 0) is 6.42 Å². The molecule has 0 unspecified atom stereocenters. The van der Waals surface area contributed by atoms with Gasteiger partial charge in [-0.3, -0.25) is 4.79 Å². The van der Waals surface area contributed by atoms with Crippen molar-refractivity contribution in [1.29, 1.82) is 0 Å². The van der Waals surface area contributed by atoms with Gasteiger partial charge in [-0.2, -0.15) is 0 Å². The van der Waals surface area contributed by atoms with Gasteiger partial charge in [0.25, 0.3) is 5.56 Å². The van der Waals surface area contributed by atoms with Gasteiger partial charge in [0, 0.05) is 32.8 Å². The molecule has 0 amide bonds. The first kappa shape index (κ1) is 14.6. The van der Waals surface area contributed by atoms with Crippen LogP contribution in [0, 0.1) is 0 Å². The van der Waals surface area contributed by atoms with E-state index in [0.29, 0.717) is 22.7 Å². The Bertz CT molecular complexity index is 1030. The van der Waals surface area contributed by atoms with Crippen LogP contribution in [0.1, 0.15) is 10.7 Å². The van der Waals surface area contributed by atoms with Crippen LogP contribution >= 0.6 is 34.3 Å². The Hall–Kier alpha value is -1.95. The molecule has 0 saturated carbocycles. The summed E-state index contributed by atoms with van der Waals surface area (Å²) in [6.07, 6.45) is 0.641. The summed E-state index contributed by atoms with van der Waals surface area (Å²) in [7, 11) is 0. The lowest BCUT2D eigenvalue weighted by Crippen LogP contribution is -2.11. The molecule has 0 spiro atoms. The van der Waals surface area contributed by atoms with E-state index in [2.05, 4.69) is 9.97 Å². The number of aromatic nitrogens is 2. The third-order valence-electron chi connectivity index (χ3n) is 3.58. The third kappa shape index (κ3) is 2.72. The van der Waals surface area contributed by atoms with E-state index in [1.807, 2.05) is 47.2 Å². The van der Waals surface area contributed by atoms with Crippen molar-refractivity contribution in [3.8, 4) is 11.1 Å². The predicted octanol–water partition coefficient (Wildman–Crippen LogP) is 4.96. The van der Waals surface area contributed by atoms with Crippen LogP contribution in [0.25, 0.3) is 21.3 Å². The van der Waals surface area contributed by atoms with Crippen molar-refractivity contribution in [2.45, 2.75) is 6.42 Å². The maximum atomic E-state index is 12.6. The molecule has 0 aliphatic carbocycles. The van der Waals surface area contributed by atoms with E-state index in [9.17, 15) is 4.79 Å². The Morgan fingerprint density at radius 3 is 2.74 bits per heavy atom. The number of thiophene rings is 2.